The second-order valence-corrected chi connectivity index (χ2v) is 8.42. The Balaban J connectivity index is 1.53. The normalized spacial score (nSPS) is 19.1. The molecule has 4 heterocycles. The van der Waals surface area contributed by atoms with Crippen molar-refractivity contribution in [3.63, 3.8) is 0 Å². The number of nitrogens with one attached hydrogen (secondary N) is 2. The van der Waals surface area contributed by atoms with Crippen molar-refractivity contribution >= 4 is 17.9 Å². The van der Waals surface area contributed by atoms with Crippen LogP contribution in [0.25, 0.3) is 0 Å². The summed E-state index contributed by atoms with van der Waals surface area (Å²) in [5, 5.41) is 15.8. The third-order valence-corrected chi connectivity index (χ3v) is 6.40. The van der Waals surface area contributed by atoms with E-state index in [9.17, 15) is 23.2 Å². The first-order valence-electron chi connectivity index (χ1n) is 10.9. The third kappa shape index (κ3) is 4.69. The summed E-state index contributed by atoms with van der Waals surface area (Å²) in [6.45, 7) is 3.44. The molecule has 1 saturated heterocycles. The highest BCUT2D eigenvalue weighted by Crippen LogP contribution is 2.39. The predicted octanol–water partition coefficient (Wildman–Crippen LogP) is 3.60. The summed E-state index contributed by atoms with van der Waals surface area (Å²) in [6, 6.07) is 3.08. The maximum absolute atomic E-state index is 13.2. The Bertz CT molecular complexity index is 1110. The topological polar surface area (TPSA) is 116 Å². The summed E-state index contributed by atoms with van der Waals surface area (Å²) in [5.41, 5.74) is 0.0405. The number of likely N-dealkylation sites (tertiary alicyclic amines) is 1. The van der Waals surface area contributed by atoms with E-state index in [0.717, 1.165) is 25.1 Å². The van der Waals surface area contributed by atoms with Crippen molar-refractivity contribution in [3.8, 4) is 6.07 Å². The fourth-order valence-electron chi connectivity index (χ4n) is 4.45. The first-order valence-corrected chi connectivity index (χ1v) is 10.9. The average Bonchev–Trinajstić information content (AvgIpc) is 3.26. The number of anilines is 2. The van der Waals surface area contributed by atoms with Crippen LogP contribution in [0.1, 0.15) is 48.1 Å². The molecular formula is C22H24F3N7O2. The van der Waals surface area contributed by atoms with Crippen LogP contribution in [0.3, 0.4) is 0 Å². The van der Waals surface area contributed by atoms with Gasteiger partial charge in [-0.1, -0.05) is 0 Å². The number of alkyl halides is 3. The summed E-state index contributed by atoms with van der Waals surface area (Å²) in [6.07, 6.45) is -1.13. The van der Waals surface area contributed by atoms with Gasteiger partial charge >= 0.3 is 12.3 Å². The molecule has 1 amide bonds. The van der Waals surface area contributed by atoms with Gasteiger partial charge < -0.3 is 20.3 Å². The standard InChI is InChI=1S/C22H24F3N7O2/c1-12(13-3-5-32(6-4-13)21(33)34-2)30-20-29-9-14(8-26)18(31-20)17-11-28-19-16(17)7-15(10-27-19)22(23,24)25/h7,9-10,12-13,17H,3-6,11H2,1-2H3,(H,27,28)(H,29,30,31). The molecule has 2 aromatic rings. The minimum atomic E-state index is -4.52. The number of nitrogens with zero attached hydrogens (tertiary/aromatic N) is 5. The molecule has 4 rings (SSSR count). The fraction of sp³-hybridized carbons (Fsp3) is 0.500. The van der Waals surface area contributed by atoms with Crippen LogP contribution in [0.4, 0.5) is 29.7 Å². The highest BCUT2D eigenvalue weighted by atomic mass is 19.4. The first kappa shape index (κ1) is 23.5. The van der Waals surface area contributed by atoms with Gasteiger partial charge in [0, 0.05) is 43.4 Å². The molecule has 2 unspecified atom stereocenters. The Morgan fingerprint density at radius 1 is 1.32 bits per heavy atom. The Labute approximate surface area is 194 Å². The lowest BCUT2D eigenvalue weighted by Gasteiger charge is -2.34. The van der Waals surface area contributed by atoms with E-state index in [-0.39, 0.29) is 30.2 Å². The van der Waals surface area contributed by atoms with E-state index in [2.05, 4.69) is 25.6 Å². The van der Waals surface area contributed by atoms with Crippen molar-refractivity contribution in [2.75, 3.05) is 37.4 Å². The van der Waals surface area contributed by atoms with Crippen LogP contribution in [0.5, 0.6) is 0 Å². The number of aromatic nitrogens is 3. The molecule has 0 aromatic carbocycles. The monoisotopic (exact) mass is 475 g/mol. The number of hydrogen-bond donors (Lipinski definition) is 2. The maximum Gasteiger partial charge on any atom is 0.417 e. The van der Waals surface area contributed by atoms with E-state index < -0.39 is 17.7 Å². The molecule has 2 aromatic heterocycles. The largest absolute Gasteiger partial charge is 0.453 e. The third-order valence-electron chi connectivity index (χ3n) is 6.40. The van der Waals surface area contributed by atoms with Crippen molar-refractivity contribution < 1.29 is 22.7 Å². The zero-order valence-electron chi connectivity index (χ0n) is 18.7. The molecule has 0 aliphatic carbocycles. The van der Waals surface area contributed by atoms with Gasteiger partial charge in [0.15, 0.2) is 0 Å². The van der Waals surface area contributed by atoms with Gasteiger partial charge in [-0.05, 0) is 31.7 Å². The van der Waals surface area contributed by atoms with Gasteiger partial charge in [-0.2, -0.15) is 18.4 Å². The number of amides is 1. The van der Waals surface area contributed by atoms with Gasteiger partial charge in [0.2, 0.25) is 5.95 Å². The van der Waals surface area contributed by atoms with E-state index in [1.165, 1.54) is 13.3 Å². The minimum absolute atomic E-state index is 0.0203. The lowest BCUT2D eigenvalue weighted by Crippen LogP contribution is -2.42. The second kappa shape index (κ2) is 9.32. The number of halogens is 3. The minimum Gasteiger partial charge on any atom is -0.453 e. The average molecular weight is 475 g/mol. The number of hydrogen-bond acceptors (Lipinski definition) is 8. The Kier molecular flexibility index (Phi) is 6.45. The van der Waals surface area contributed by atoms with Crippen LogP contribution in [-0.4, -0.2) is 58.7 Å². The van der Waals surface area contributed by atoms with E-state index in [1.807, 2.05) is 13.0 Å². The predicted molar refractivity (Wildman–Crippen MR) is 116 cm³/mol. The van der Waals surface area contributed by atoms with Crippen LogP contribution in [0.2, 0.25) is 0 Å². The number of ether oxygens (including phenoxy) is 1. The summed E-state index contributed by atoms with van der Waals surface area (Å²) in [4.78, 5) is 26.0. The van der Waals surface area contributed by atoms with Crippen molar-refractivity contribution in [3.05, 3.63) is 40.8 Å². The lowest BCUT2D eigenvalue weighted by atomic mass is 9.90. The van der Waals surface area contributed by atoms with Gasteiger partial charge in [-0.25, -0.2) is 19.7 Å². The number of carbonyl (C=O) groups excluding carboxylic acids is 1. The molecule has 0 saturated carbocycles. The molecule has 2 aliphatic heterocycles. The summed E-state index contributed by atoms with van der Waals surface area (Å²) in [7, 11) is 1.36. The van der Waals surface area contributed by atoms with Gasteiger partial charge in [0.05, 0.1) is 30.1 Å². The molecule has 0 spiro atoms. The molecular weight excluding hydrogens is 451 g/mol. The number of rotatable bonds is 4. The number of nitriles is 1. The highest BCUT2D eigenvalue weighted by Gasteiger charge is 2.36. The Morgan fingerprint density at radius 3 is 2.71 bits per heavy atom. The van der Waals surface area contributed by atoms with Crippen LogP contribution >= 0.6 is 0 Å². The number of fused-ring (bicyclic) bond motifs is 1. The van der Waals surface area contributed by atoms with Gasteiger partial charge in [-0.15, -0.1) is 0 Å². The fourth-order valence-corrected chi connectivity index (χ4v) is 4.45. The first-order chi connectivity index (χ1) is 16.2. The SMILES string of the molecule is COC(=O)N1CCC(C(C)Nc2ncc(C#N)c(C3CNc4ncc(C(F)(F)F)cc43)n2)CC1. The maximum atomic E-state index is 13.2. The van der Waals surface area contributed by atoms with Gasteiger partial charge in [0.25, 0.3) is 0 Å². The van der Waals surface area contributed by atoms with Crippen LogP contribution < -0.4 is 10.6 Å². The molecule has 2 N–H and O–H groups in total. The molecule has 0 bridgehead atoms. The molecule has 34 heavy (non-hydrogen) atoms. The number of piperidine rings is 1. The van der Waals surface area contributed by atoms with E-state index >= 15 is 0 Å². The van der Waals surface area contributed by atoms with Gasteiger partial charge in [-0.3, -0.25) is 0 Å². The quantitative estimate of drug-likeness (QED) is 0.689. The van der Waals surface area contributed by atoms with Crippen molar-refractivity contribution in [2.24, 2.45) is 5.92 Å². The lowest BCUT2D eigenvalue weighted by molar-refractivity contribution is -0.137. The smallest absolute Gasteiger partial charge is 0.417 e. The van der Waals surface area contributed by atoms with Crippen molar-refractivity contribution in [1.82, 2.24) is 19.9 Å². The Morgan fingerprint density at radius 2 is 2.06 bits per heavy atom. The summed E-state index contributed by atoms with van der Waals surface area (Å²) in [5.74, 6) is 0.337. The van der Waals surface area contributed by atoms with Gasteiger partial charge in [0.1, 0.15) is 11.9 Å². The Hall–Kier alpha value is -3.62. The second-order valence-electron chi connectivity index (χ2n) is 8.42. The molecule has 12 heteroatoms. The van der Waals surface area contributed by atoms with E-state index in [0.29, 0.717) is 36.1 Å². The van der Waals surface area contributed by atoms with Crippen LogP contribution in [0.15, 0.2) is 18.5 Å². The zero-order chi connectivity index (χ0) is 24.5. The zero-order valence-corrected chi connectivity index (χ0v) is 18.7. The van der Waals surface area contributed by atoms with Crippen LogP contribution in [-0.2, 0) is 10.9 Å². The van der Waals surface area contributed by atoms with E-state index in [4.69, 9.17) is 4.74 Å². The highest BCUT2D eigenvalue weighted by molar-refractivity contribution is 5.67. The molecule has 1 fully saturated rings. The molecule has 2 aliphatic rings. The number of methoxy groups -OCH3 is 1. The van der Waals surface area contributed by atoms with E-state index in [1.54, 1.807) is 4.90 Å². The molecule has 0 radical (unpaired) electrons. The molecule has 2 atom stereocenters. The summed E-state index contributed by atoms with van der Waals surface area (Å²) < 4.78 is 44.5. The number of pyridine rings is 1. The number of carbonyl (C=O) groups is 1. The van der Waals surface area contributed by atoms with Crippen molar-refractivity contribution in [1.29, 1.82) is 5.26 Å². The van der Waals surface area contributed by atoms with Crippen LogP contribution in [0, 0.1) is 17.2 Å². The summed E-state index contributed by atoms with van der Waals surface area (Å²) >= 11 is 0. The van der Waals surface area contributed by atoms with Crippen molar-refractivity contribution in [2.45, 2.75) is 37.9 Å². The molecule has 9 nitrogen and oxygen atoms in total. The molecule has 180 valence electrons.